The number of hydrogen-bond donors (Lipinski definition) is 1. The third-order valence-corrected chi connectivity index (χ3v) is 5.67. The lowest BCUT2D eigenvalue weighted by atomic mass is 10.1. The monoisotopic (exact) mass is 458 g/mol. The van der Waals surface area contributed by atoms with Crippen molar-refractivity contribution in [2.45, 2.75) is 13.5 Å². The first-order valence-corrected chi connectivity index (χ1v) is 10.7. The minimum atomic E-state index is -0.283. The van der Waals surface area contributed by atoms with E-state index in [1.807, 2.05) is 31.2 Å². The molecule has 3 aromatic carbocycles. The van der Waals surface area contributed by atoms with Crippen LogP contribution in [0.25, 0.3) is 10.9 Å². The van der Waals surface area contributed by atoms with Gasteiger partial charge in [0.2, 0.25) is 0 Å². The van der Waals surface area contributed by atoms with Crippen molar-refractivity contribution in [1.29, 1.82) is 0 Å². The highest BCUT2D eigenvalue weighted by Gasteiger charge is 2.21. The second kappa shape index (κ2) is 9.70. The van der Waals surface area contributed by atoms with Crippen LogP contribution in [-0.4, -0.2) is 32.2 Å². The maximum Gasteiger partial charge on any atom is 0.258 e. The van der Waals surface area contributed by atoms with Gasteiger partial charge in [0.15, 0.2) is 11.5 Å². The zero-order valence-electron chi connectivity index (χ0n) is 19.5. The Hall–Kier alpha value is -4.26. The number of rotatable bonds is 7. The number of ether oxygens (including phenoxy) is 3. The molecule has 4 rings (SSSR count). The highest BCUT2D eigenvalue weighted by molar-refractivity contribution is 6.06. The predicted molar refractivity (Wildman–Crippen MR) is 132 cm³/mol. The van der Waals surface area contributed by atoms with Crippen molar-refractivity contribution < 1.29 is 19.0 Å². The van der Waals surface area contributed by atoms with Crippen molar-refractivity contribution in [2.24, 2.45) is 0 Å². The fourth-order valence-corrected chi connectivity index (χ4v) is 3.82. The number of hydrogen-bond acceptors (Lipinski definition) is 5. The van der Waals surface area contributed by atoms with Crippen molar-refractivity contribution in [1.82, 2.24) is 4.98 Å². The van der Waals surface area contributed by atoms with Gasteiger partial charge in [-0.3, -0.25) is 9.59 Å². The molecule has 7 heteroatoms. The number of aromatic amines is 1. The molecule has 0 radical (unpaired) electrons. The standard InChI is InChI=1S/C27H26N2O5/c1-17-5-6-18-14-20(26(30)28-23(18)13-17)16-29(21-8-10-22(32-2)11-9-21)27(31)19-7-12-24(33-3)25(15-19)34-4/h5-15H,16H2,1-4H3,(H,28,30). The van der Waals surface area contributed by atoms with Gasteiger partial charge in [0, 0.05) is 22.3 Å². The van der Waals surface area contributed by atoms with Crippen LogP contribution in [0.4, 0.5) is 5.69 Å². The number of aryl methyl sites for hydroxylation is 1. The molecule has 7 nitrogen and oxygen atoms in total. The number of H-pyrrole nitrogens is 1. The van der Waals surface area contributed by atoms with E-state index in [0.29, 0.717) is 34.1 Å². The molecule has 0 aliphatic heterocycles. The highest BCUT2D eigenvalue weighted by atomic mass is 16.5. The number of aromatic nitrogens is 1. The molecule has 4 aromatic rings. The Labute approximate surface area is 197 Å². The normalized spacial score (nSPS) is 10.7. The lowest BCUT2D eigenvalue weighted by Crippen LogP contribution is -2.33. The maximum atomic E-state index is 13.7. The summed E-state index contributed by atoms with van der Waals surface area (Å²) < 4.78 is 15.9. The quantitative estimate of drug-likeness (QED) is 0.434. The maximum absolute atomic E-state index is 13.7. The number of anilines is 1. The van der Waals surface area contributed by atoms with Crippen molar-refractivity contribution in [3.63, 3.8) is 0 Å². The van der Waals surface area contributed by atoms with Crippen LogP contribution >= 0.6 is 0 Å². The van der Waals surface area contributed by atoms with Gasteiger partial charge in [-0.25, -0.2) is 0 Å². The number of methoxy groups -OCH3 is 3. The molecule has 0 fully saturated rings. The van der Waals surface area contributed by atoms with Gasteiger partial charge in [-0.2, -0.15) is 0 Å². The van der Waals surface area contributed by atoms with Crippen LogP contribution in [0.1, 0.15) is 21.5 Å². The van der Waals surface area contributed by atoms with Crippen LogP contribution in [0, 0.1) is 6.92 Å². The average Bonchev–Trinajstić information content (AvgIpc) is 2.86. The minimum absolute atomic E-state index is 0.0820. The summed E-state index contributed by atoms with van der Waals surface area (Å²) in [5.41, 5.74) is 3.08. The summed E-state index contributed by atoms with van der Waals surface area (Å²) in [7, 11) is 4.64. The number of nitrogens with one attached hydrogen (secondary N) is 1. The predicted octanol–water partition coefficient (Wildman–Crippen LogP) is 4.71. The van der Waals surface area contributed by atoms with Gasteiger partial charge in [0.25, 0.3) is 11.5 Å². The van der Waals surface area contributed by atoms with Gasteiger partial charge < -0.3 is 24.1 Å². The van der Waals surface area contributed by atoms with Crippen molar-refractivity contribution in [3.05, 3.63) is 93.8 Å². The number of benzene rings is 3. The smallest absolute Gasteiger partial charge is 0.258 e. The number of amides is 1. The van der Waals surface area contributed by atoms with E-state index >= 15 is 0 Å². The topological polar surface area (TPSA) is 80.9 Å². The Kier molecular flexibility index (Phi) is 6.54. The summed E-state index contributed by atoms with van der Waals surface area (Å²) in [4.78, 5) is 31.1. The SMILES string of the molecule is COc1ccc(N(Cc2cc3ccc(C)cc3[nH]c2=O)C(=O)c2ccc(OC)c(OC)c2)cc1. The van der Waals surface area contributed by atoms with E-state index < -0.39 is 0 Å². The molecular weight excluding hydrogens is 432 g/mol. The third kappa shape index (κ3) is 4.59. The zero-order chi connectivity index (χ0) is 24.2. The summed E-state index contributed by atoms with van der Waals surface area (Å²) in [6, 6.07) is 19.8. The molecule has 0 saturated heterocycles. The fourth-order valence-electron chi connectivity index (χ4n) is 3.82. The van der Waals surface area contributed by atoms with Crippen molar-refractivity contribution in [2.75, 3.05) is 26.2 Å². The Morgan fingerprint density at radius 1 is 0.853 bits per heavy atom. The second-order valence-electron chi connectivity index (χ2n) is 7.87. The van der Waals surface area contributed by atoms with E-state index in [9.17, 15) is 9.59 Å². The molecule has 1 heterocycles. The highest BCUT2D eigenvalue weighted by Crippen LogP contribution is 2.30. The van der Waals surface area contributed by atoms with Crippen LogP contribution in [0.2, 0.25) is 0 Å². The molecule has 0 spiro atoms. The van der Waals surface area contributed by atoms with E-state index in [-0.39, 0.29) is 18.0 Å². The van der Waals surface area contributed by atoms with Crippen LogP contribution in [0.3, 0.4) is 0 Å². The third-order valence-electron chi connectivity index (χ3n) is 5.67. The van der Waals surface area contributed by atoms with Crippen LogP contribution in [-0.2, 0) is 6.54 Å². The van der Waals surface area contributed by atoms with Gasteiger partial charge in [0.05, 0.1) is 27.9 Å². The number of fused-ring (bicyclic) bond motifs is 1. The summed E-state index contributed by atoms with van der Waals surface area (Å²) in [5.74, 6) is 1.36. The summed E-state index contributed by atoms with van der Waals surface area (Å²) in [6.45, 7) is 2.05. The summed E-state index contributed by atoms with van der Waals surface area (Å²) in [5, 5.41) is 0.897. The van der Waals surface area contributed by atoms with Crippen LogP contribution < -0.4 is 24.7 Å². The minimum Gasteiger partial charge on any atom is -0.497 e. The number of nitrogens with zero attached hydrogens (tertiary/aromatic N) is 1. The van der Waals surface area contributed by atoms with E-state index in [1.165, 1.54) is 14.2 Å². The molecular formula is C27H26N2O5. The van der Waals surface area contributed by atoms with Gasteiger partial charge in [-0.05, 0) is 72.5 Å². The molecule has 34 heavy (non-hydrogen) atoms. The van der Waals surface area contributed by atoms with E-state index in [0.717, 1.165) is 16.5 Å². The number of pyridine rings is 1. The number of carbonyl (C=O) groups excluding carboxylic acids is 1. The van der Waals surface area contributed by atoms with Gasteiger partial charge >= 0.3 is 0 Å². The Morgan fingerprint density at radius 2 is 1.59 bits per heavy atom. The first-order chi connectivity index (χ1) is 16.4. The Balaban J connectivity index is 1.78. The molecule has 1 amide bonds. The summed E-state index contributed by atoms with van der Waals surface area (Å²) >= 11 is 0. The molecule has 174 valence electrons. The number of carbonyl (C=O) groups is 1. The molecule has 1 aromatic heterocycles. The average molecular weight is 459 g/mol. The van der Waals surface area contributed by atoms with E-state index in [2.05, 4.69) is 4.98 Å². The first-order valence-electron chi connectivity index (χ1n) is 10.7. The van der Waals surface area contributed by atoms with E-state index in [1.54, 1.807) is 54.5 Å². The Bertz CT molecular complexity index is 1390. The van der Waals surface area contributed by atoms with Crippen molar-refractivity contribution >= 4 is 22.5 Å². The molecule has 0 atom stereocenters. The second-order valence-corrected chi connectivity index (χ2v) is 7.87. The first kappa shape index (κ1) is 22.9. The van der Waals surface area contributed by atoms with Gasteiger partial charge in [-0.1, -0.05) is 12.1 Å². The van der Waals surface area contributed by atoms with Gasteiger partial charge in [0.1, 0.15) is 5.75 Å². The summed E-state index contributed by atoms with van der Waals surface area (Å²) in [6.07, 6.45) is 0. The van der Waals surface area contributed by atoms with Crippen molar-refractivity contribution in [3.8, 4) is 17.2 Å². The molecule has 0 aliphatic carbocycles. The molecule has 0 unspecified atom stereocenters. The zero-order valence-corrected chi connectivity index (χ0v) is 19.5. The molecule has 1 N–H and O–H groups in total. The van der Waals surface area contributed by atoms with Crippen LogP contribution in [0.5, 0.6) is 17.2 Å². The molecule has 0 aliphatic rings. The van der Waals surface area contributed by atoms with Crippen LogP contribution in [0.15, 0.2) is 71.5 Å². The lowest BCUT2D eigenvalue weighted by molar-refractivity contribution is 0.0984. The van der Waals surface area contributed by atoms with E-state index in [4.69, 9.17) is 14.2 Å². The molecule has 0 bridgehead atoms. The lowest BCUT2D eigenvalue weighted by Gasteiger charge is -2.24. The molecule has 0 saturated carbocycles. The Morgan fingerprint density at radius 3 is 2.26 bits per heavy atom. The largest absolute Gasteiger partial charge is 0.497 e. The fraction of sp³-hybridized carbons (Fsp3) is 0.185. The van der Waals surface area contributed by atoms with Gasteiger partial charge in [-0.15, -0.1) is 0 Å².